The molecule has 18 heavy (non-hydrogen) atoms. The van der Waals surface area contributed by atoms with Crippen molar-refractivity contribution < 1.29 is 9.66 Å². The van der Waals surface area contributed by atoms with Crippen molar-refractivity contribution in [2.45, 2.75) is 6.92 Å². The normalized spacial score (nSPS) is 11.9. The number of nitrogens with one attached hydrogen (secondary N) is 1. The fourth-order valence-corrected chi connectivity index (χ4v) is 2.26. The van der Waals surface area contributed by atoms with E-state index in [1.54, 1.807) is 31.0 Å². The zero-order chi connectivity index (χ0) is 13.5. The topological polar surface area (TPSA) is 64.4 Å². The molecule has 1 atom stereocenters. The van der Waals surface area contributed by atoms with Crippen LogP contribution in [0.3, 0.4) is 0 Å². The quantitative estimate of drug-likeness (QED) is 0.609. The van der Waals surface area contributed by atoms with Crippen molar-refractivity contribution in [3.8, 4) is 5.75 Å². The van der Waals surface area contributed by atoms with E-state index in [-0.39, 0.29) is 10.6 Å². The molecule has 0 aliphatic heterocycles. The molecule has 1 aromatic carbocycles. The number of hydrogen-bond donors (Lipinski definition) is 1. The molecule has 0 saturated heterocycles. The third-order valence-electron chi connectivity index (χ3n) is 2.49. The highest BCUT2D eigenvalue weighted by Gasteiger charge is 2.14. The van der Waals surface area contributed by atoms with E-state index in [0.29, 0.717) is 23.9 Å². The maximum Gasteiger partial charge on any atom is 0.292 e. The number of ether oxygens (including phenoxy) is 1. The molecule has 1 aromatic rings. The summed E-state index contributed by atoms with van der Waals surface area (Å²) in [5.41, 5.74) is 0.583. The highest BCUT2D eigenvalue weighted by atomic mass is 32.2. The first-order chi connectivity index (χ1) is 8.58. The number of methoxy groups -OCH3 is 1. The van der Waals surface area contributed by atoms with E-state index >= 15 is 0 Å². The van der Waals surface area contributed by atoms with E-state index in [1.807, 2.05) is 6.26 Å². The molecule has 6 heteroatoms. The molecule has 0 aromatic heterocycles. The number of nitrogens with zero attached hydrogens (tertiary/aromatic N) is 1. The van der Waals surface area contributed by atoms with Crippen molar-refractivity contribution in [1.29, 1.82) is 0 Å². The summed E-state index contributed by atoms with van der Waals surface area (Å²) in [4.78, 5) is 10.5. The molecular formula is C12H18N2O3S. The van der Waals surface area contributed by atoms with E-state index in [2.05, 4.69) is 12.2 Å². The van der Waals surface area contributed by atoms with Crippen LogP contribution in [0.15, 0.2) is 18.2 Å². The molecule has 0 fully saturated rings. The van der Waals surface area contributed by atoms with Crippen LogP contribution < -0.4 is 10.1 Å². The highest BCUT2D eigenvalue weighted by molar-refractivity contribution is 7.98. The first-order valence-electron chi connectivity index (χ1n) is 5.63. The second-order valence-corrected chi connectivity index (χ2v) is 4.99. The summed E-state index contributed by atoms with van der Waals surface area (Å²) < 4.78 is 5.08. The minimum Gasteiger partial charge on any atom is -0.497 e. The zero-order valence-corrected chi connectivity index (χ0v) is 11.6. The van der Waals surface area contributed by atoms with Gasteiger partial charge < -0.3 is 10.1 Å². The van der Waals surface area contributed by atoms with Crippen LogP contribution in [-0.2, 0) is 0 Å². The first-order valence-corrected chi connectivity index (χ1v) is 7.03. The molecular weight excluding hydrogens is 252 g/mol. The minimum absolute atomic E-state index is 0.0761. The second kappa shape index (κ2) is 7.10. The molecule has 0 bridgehead atoms. The smallest absolute Gasteiger partial charge is 0.292 e. The number of rotatable bonds is 7. The lowest BCUT2D eigenvalue weighted by molar-refractivity contribution is -0.384. The lowest BCUT2D eigenvalue weighted by Gasteiger charge is -2.13. The van der Waals surface area contributed by atoms with Crippen molar-refractivity contribution in [2.75, 3.05) is 31.0 Å². The third-order valence-corrected chi connectivity index (χ3v) is 3.39. The van der Waals surface area contributed by atoms with Gasteiger partial charge in [0.15, 0.2) is 0 Å². The molecule has 0 aliphatic rings. The Balaban J connectivity index is 2.80. The molecule has 0 spiro atoms. The Morgan fingerprint density at radius 2 is 2.28 bits per heavy atom. The Morgan fingerprint density at radius 1 is 1.56 bits per heavy atom. The molecule has 0 saturated carbocycles. The molecule has 100 valence electrons. The summed E-state index contributed by atoms with van der Waals surface area (Å²) in [6.07, 6.45) is 2.05. The minimum atomic E-state index is -0.388. The van der Waals surface area contributed by atoms with Crippen LogP contribution >= 0.6 is 11.8 Å². The Labute approximate surface area is 111 Å². The van der Waals surface area contributed by atoms with Crippen LogP contribution in [0.2, 0.25) is 0 Å². The van der Waals surface area contributed by atoms with Gasteiger partial charge in [-0.2, -0.15) is 11.8 Å². The van der Waals surface area contributed by atoms with E-state index in [9.17, 15) is 10.1 Å². The molecule has 1 N–H and O–H groups in total. The predicted octanol–water partition coefficient (Wildman–Crippen LogP) is 3.01. The summed E-state index contributed by atoms with van der Waals surface area (Å²) in [6, 6.07) is 4.71. The van der Waals surface area contributed by atoms with E-state index in [1.165, 1.54) is 6.07 Å². The van der Waals surface area contributed by atoms with E-state index < -0.39 is 0 Å². The number of thioether (sulfide) groups is 1. The average Bonchev–Trinajstić information content (AvgIpc) is 2.36. The van der Waals surface area contributed by atoms with Crippen molar-refractivity contribution >= 4 is 23.1 Å². The van der Waals surface area contributed by atoms with Crippen LogP contribution in [0.1, 0.15) is 6.92 Å². The number of anilines is 1. The molecule has 0 radical (unpaired) electrons. The van der Waals surface area contributed by atoms with Gasteiger partial charge >= 0.3 is 0 Å². The summed E-state index contributed by atoms with van der Waals surface area (Å²) in [6.45, 7) is 2.81. The molecule has 5 nitrogen and oxygen atoms in total. The molecule has 0 aliphatic carbocycles. The van der Waals surface area contributed by atoms with Gasteiger partial charge in [-0.15, -0.1) is 0 Å². The fraction of sp³-hybridized carbons (Fsp3) is 0.500. The van der Waals surface area contributed by atoms with Crippen molar-refractivity contribution in [2.24, 2.45) is 5.92 Å². The maximum atomic E-state index is 10.9. The molecule has 0 heterocycles. The Morgan fingerprint density at radius 3 is 2.83 bits per heavy atom. The number of benzene rings is 1. The summed E-state index contributed by atoms with van der Waals surface area (Å²) in [7, 11) is 1.54. The Kier molecular flexibility index (Phi) is 5.77. The van der Waals surface area contributed by atoms with Crippen molar-refractivity contribution in [3.05, 3.63) is 28.3 Å². The van der Waals surface area contributed by atoms with Gasteiger partial charge in [-0.3, -0.25) is 10.1 Å². The largest absolute Gasteiger partial charge is 0.497 e. The Bertz CT molecular complexity index is 412. The lowest BCUT2D eigenvalue weighted by Crippen LogP contribution is -2.14. The molecule has 1 unspecified atom stereocenters. The van der Waals surface area contributed by atoms with Gasteiger partial charge in [0, 0.05) is 18.7 Å². The number of hydrogen-bond acceptors (Lipinski definition) is 5. The van der Waals surface area contributed by atoms with Crippen LogP contribution in [0.5, 0.6) is 5.75 Å². The maximum absolute atomic E-state index is 10.9. The first kappa shape index (κ1) is 14.6. The molecule has 0 amide bonds. The summed E-state index contributed by atoms with van der Waals surface area (Å²) in [5.74, 6) is 2.08. The predicted molar refractivity (Wildman–Crippen MR) is 75.7 cm³/mol. The fourth-order valence-electron chi connectivity index (χ4n) is 1.57. The van der Waals surface area contributed by atoms with Crippen LogP contribution in [-0.4, -0.2) is 30.6 Å². The van der Waals surface area contributed by atoms with Gasteiger partial charge in [-0.25, -0.2) is 0 Å². The van der Waals surface area contributed by atoms with Crippen LogP contribution in [0, 0.1) is 16.0 Å². The van der Waals surface area contributed by atoms with Crippen molar-refractivity contribution in [3.63, 3.8) is 0 Å². The Hall–Kier alpha value is -1.43. The highest BCUT2D eigenvalue weighted by Crippen LogP contribution is 2.29. The lowest BCUT2D eigenvalue weighted by atomic mass is 10.2. The van der Waals surface area contributed by atoms with Crippen molar-refractivity contribution in [1.82, 2.24) is 0 Å². The third kappa shape index (κ3) is 4.10. The van der Waals surface area contributed by atoms with Gasteiger partial charge in [0.1, 0.15) is 11.4 Å². The summed E-state index contributed by atoms with van der Waals surface area (Å²) in [5, 5.41) is 14.0. The van der Waals surface area contributed by atoms with Gasteiger partial charge in [0.2, 0.25) is 0 Å². The molecule has 1 rings (SSSR count). The summed E-state index contributed by atoms with van der Waals surface area (Å²) >= 11 is 1.76. The zero-order valence-electron chi connectivity index (χ0n) is 10.8. The number of nitro benzene ring substituents is 1. The van der Waals surface area contributed by atoms with Gasteiger partial charge in [-0.05, 0) is 24.0 Å². The van der Waals surface area contributed by atoms with Crippen LogP contribution in [0.4, 0.5) is 11.4 Å². The van der Waals surface area contributed by atoms with Gasteiger partial charge in [-0.1, -0.05) is 6.92 Å². The number of nitro groups is 1. The van der Waals surface area contributed by atoms with E-state index in [0.717, 1.165) is 5.75 Å². The van der Waals surface area contributed by atoms with Crippen LogP contribution in [0.25, 0.3) is 0 Å². The van der Waals surface area contributed by atoms with Gasteiger partial charge in [0.05, 0.1) is 12.0 Å². The van der Waals surface area contributed by atoms with E-state index in [4.69, 9.17) is 4.74 Å². The SMILES string of the molecule is COc1ccc([N+](=O)[O-])c(NCC(C)CSC)c1. The monoisotopic (exact) mass is 270 g/mol. The van der Waals surface area contributed by atoms with Gasteiger partial charge in [0.25, 0.3) is 5.69 Å². The standard InChI is InChI=1S/C12H18N2O3S/c1-9(8-18-3)7-13-11-6-10(17-2)4-5-12(11)14(15)16/h4-6,9,13H,7-8H2,1-3H3. The average molecular weight is 270 g/mol. The second-order valence-electron chi connectivity index (χ2n) is 4.08.